The van der Waals surface area contributed by atoms with Crippen molar-refractivity contribution in [2.75, 3.05) is 19.7 Å². The summed E-state index contributed by atoms with van der Waals surface area (Å²) in [5.74, 6) is 1.16. The van der Waals surface area contributed by atoms with E-state index in [0.29, 0.717) is 30.3 Å². The molecule has 0 bridgehead atoms. The number of ether oxygens (including phenoxy) is 4. The minimum absolute atomic E-state index is 0.0409. The summed E-state index contributed by atoms with van der Waals surface area (Å²) >= 11 is 0. The fourth-order valence-corrected chi connectivity index (χ4v) is 13.4. The predicted molar refractivity (Wildman–Crippen MR) is 165 cm³/mol. The lowest BCUT2D eigenvalue weighted by Gasteiger charge is -2.64. The number of aliphatic hydroxyl groups excluding tert-OH is 1. The molecule has 5 aliphatic carbocycles. The summed E-state index contributed by atoms with van der Waals surface area (Å²) in [6.45, 7) is 19.2. The SMILES string of the molecule is CC(=O)O[C@@H]([C@H]1C[C@@H](C)C2[C@H](O1)[C@H](O)[C@@]1(C)[C@@H]3CC[C@H]4C(C)(C)[C@@H](O[C@H]5CNCCO5)CC[C@@]45C[C@@]35CC[C@]21C)C(C)(C)O. The lowest BCUT2D eigenvalue weighted by atomic mass is 9.41. The van der Waals surface area contributed by atoms with E-state index in [0.717, 1.165) is 32.4 Å². The van der Waals surface area contributed by atoms with E-state index in [9.17, 15) is 15.0 Å². The van der Waals surface area contributed by atoms with Gasteiger partial charge in [0.05, 0.1) is 36.6 Å². The van der Waals surface area contributed by atoms with Crippen LogP contribution in [0.1, 0.15) is 107 Å². The van der Waals surface area contributed by atoms with Gasteiger partial charge in [0.25, 0.3) is 0 Å². The molecule has 7 aliphatic rings. The second-order valence-electron chi connectivity index (χ2n) is 17.9. The topological polar surface area (TPSA) is 106 Å². The van der Waals surface area contributed by atoms with Crippen LogP contribution in [0.3, 0.4) is 0 Å². The molecule has 14 atom stereocenters. The van der Waals surface area contributed by atoms with Crippen LogP contribution in [0, 0.1) is 50.7 Å². The number of rotatable bonds is 5. The zero-order valence-electron chi connectivity index (χ0n) is 28.5. The number of carbonyl (C=O) groups excluding carboxylic acids is 1. The lowest BCUT2D eigenvalue weighted by molar-refractivity contribution is -0.237. The lowest BCUT2D eigenvalue weighted by Crippen LogP contribution is -2.60. The number of aliphatic hydroxyl groups is 2. The third-order valence-electron chi connectivity index (χ3n) is 15.3. The van der Waals surface area contributed by atoms with Crippen LogP contribution in [0.25, 0.3) is 0 Å². The van der Waals surface area contributed by atoms with Gasteiger partial charge in [0.1, 0.15) is 0 Å². The van der Waals surface area contributed by atoms with Gasteiger partial charge in [0.15, 0.2) is 12.4 Å². The van der Waals surface area contributed by atoms with Crippen molar-refractivity contribution >= 4 is 5.97 Å². The maximum absolute atomic E-state index is 12.5. The molecule has 2 spiro atoms. The molecular formula is C36H59NO7. The zero-order valence-corrected chi connectivity index (χ0v) is 28.5. The van der Waals surface area contributed by atoms with E-state index >= 15 is 0 Å². The molecule has 0 aromatic carbocycles. The van der Waals surface area contributed by atoms with Crippen LogP contribution in [0.15, 0.2) is 0 Å². The standard InChI is InChI=1S/C36H59NO7/c1-20-17-22(30(32(5,6)40)42-21(2)38)43-28-27(20)33(7)13-14-36-19-35(36)12-11-25(44-26-18-37-15-16-41-26)31(3,4)23(35)9-10-24(36)34(33,8)29(28)39/h20,22-30,37,39-40H,9-19H2,1-8H3/t20-,22-,23+,24+,25+,26+,27?,28+,29+,30+,33-,34-,35-,36+/m1/s1. The van der Waals surface area contributed by atoms with Gasteiger partial charge in [-0.1, -0.05) is 34.6 Å². The van der Waals surface area contributed by atoms with Crippen LogP contribution in [0.5, 0.6) is 0 Å². The first-order chi connectivity index (χ1) is 20.5. The van der Waals surface area contributed by atoms with Crippen LogP contribution in [0.2, 0.25) is 0 Å². The minimum Gasteiger partial charge on any atom is -0.457 e. The Balaban J connectivity index is 1.16. The Morgan fingerprint density at radius 2 is 1.75 bits per heavy atom. The van der Waals surface area contributed by atoms with Crippen molar-refractivity contribution in [1.82, 2.24) is 5.32 Å². The number of hydrogen-bond acceptors (Lipinski definition) is 8. The summed E-state index contributed by atoms with van der Waals surface area (Å²) in [6.07, 6.45) is 6.87. The van der Waals surface area contributed by atoms with Gasteiger partial charge in [0.2, 0.25) is 0 Å². The summed E-state index contributed by atoms with van der Waals surface area (Å²) in [6, 6.07) is 0. The van der Waals surface area contributed by atoms with Gasteiger partial charge < -0.3 is 34.5 Å². The molecule has 8 nitrogen and oxygen atoms in total. The Morgan fingerprint density at radius 1 is 1.05 bits per heavy atom. The van der Waals surface area contributed by atoms with Gasteiger partial charge >= 0.3 is 5.97 Å². The first-order valence-corrected chi connectivity index (χ1v) is 17.7. The molecule has 44 heavy (non-hydrogen) atoms. The molecule has 2 heterocycles. The molecule has 250 valence electrons. The Labute approximate surface area is 264 Å². The zero-order chi connectivity index (χ0) is 31.7. The summed E-state index contributed by atoms with van der Waals surface area (Å²) in [5, 5.41) is 26.9. The van der Waals surface area contributed by atoms with Crippen LogP contribution in [-0.4, -0.2) is 78.3 Å². The van der Waals surface area contributed by atoms with Crippen LogP contribution >= 0.6 is 0 Å². The number of nitrogens with one attached hydrogen (secondary N) is 1. The first-order valence-electron chi connectivity index (χ1n) is 17.7. The summed E-state index contributed by atoms with van der Waals surface area (Å²) < 4.78 is 25.2. The third-order valence-corrected chi connectivity index (χ3v) is 15.3. The minimum atomic E-state index is -1.25. The molecule has 0 amide bonds. The molecule has 5 saturated carbocycles. The highest BCUT2D eigenvalue weighted by Crippen LogP contribution is 2.89. The Kier molecular flexibility index (Phi) is 7.32. The van der Waals surface area contributed by atoms with Crippen molar-refractivity contribution in [2.24, 2.45) is 50.7 Å². The maximum Gasteiger partial charge on any atom is 0.303 e. The number of carbonyl (C=O) groups is 1. The van der Waals surface area contributed by atoms with Crippen LogP contribution < -0.4 is 5.32 Å². The quantitative estimate of drug-likeness (QED) is 0.377. The Morgan fingerprint density at radius 3 is 2.41 bits per heavy atom. The highest BCUT2D eigenvalue weighted by molar-refractivity contribution is 5.66. The molecule has 8 heteroatoms. The second kappa shape index (κ2) is 10.1. The van der Waals surface area contributed by atoms with Crippen molar-refractivity contribution < 1.29 is 34.0 Å². The molecule has 3 N–H and O–H groups in total. The van der Waals surface area contributed by atoms with Gasteiger partial charge in [-0.15, -0.1) is 0 Å². The molecule has 2 saturated heterocycles. The van der Waals surface area contributed by atoms with E-state index in [1.807, 2.05) is 0 Å². The van der Waals surface area contributed by atoms with Gasteiger partial charge in [-0.2, -0.15) is 0 Å². The van der Waals surface area contributed by atoms with E-state index in [1.54, 1.807) is 13.8 Å². The monoisotopic (exact) mass is 617 g/mol. The second-order valence-corrected chi connectivity index (χ2v) is 17.9. The van der Waals surface area contributed by atoms with Gasteiger partial charge in [-0.25, -0.2) is 0 Å². The molecular weight excluding hydrogens is 558 g/mol. The Hall–Kier alpha value is -0.770. The molecule has 0 aromatic heterocycles. The number of fused-ring (bicyclic) bond motifs is 4. The first kappa shape index (κ1) is 31.8. The summed E-state index contributed by atoms with van der Waals surface area (Å²) in [5.41, 5.74) is -0.862. The van der Waals surface area contributed by atoms with Crippen LogP contribution in [-0.2, 0) is 23.7 Å². The maximum atomic E-state index is 12.5. The van der Waals surface area contributed by atoms with Crippen molar-refractivity contribution in [3.63, 3.8) is 0 Å². The summed E-state index contributed by atoms with van der Waals surface area (Å²) in [7, 11) is 0. The Bertz CT molecular complexity index is 1150. The van der Waals surface area contributed by atoms with E-state index in [-0.39, 0.29) is 52.0 Å². The molecule has 0 radical (unpaired) electrons. The number of hydrogen-bond donors (Lipinski definition) is 3. The van der Waals surface area contributed by atoms with Crippen molar-refractivity contribution in [1.29, 1.82) is 0 Å². The fraction of sp³-hybridized carbons (Fsp3) is 0.972. The number of esters is 1. The van der Waals surface area contributed by atoms with Crippen molar-refractivity contribution in [3.8, 4) is 0 Å². The highest BCUT2D eigenvalue weighted by atomic mass is 16.7. The average molecular weight is 618 g/mol. The third kappa shape index (κ3) is 4.12. The molecule has 0 aromatic rings. The largest absolute Gasteiger partial charge is 0.457 e. The van der Waals surface area contributed by atoms with E-state index in [1.165, 1.54) is 32.6 Å². The summed E-state index contributed by atoms with van der Waals surface area (Å²) in [4.78, 5) is 12.0. The normalized spacial score (nSPS) is 53.3. The predicted octanol–water partition coefficient (Wildman–Crippen LogP) is 4.83. The van der Waals surface area contributed by atoms with Crippen molar-refractivity contribution in [2.45, 2.75) is 149 Å². The van der Waals surface area contributed by atoms with Gasteiger partial charge in [-0.3, -0.25) is 4.79 Å². The molecule has 2 aliphatic heterocycles. The highest BCUT2D eigenvalue weighted by Gasteiger charge is 2.84. The van der Waals surface area contributed by atoms with Crippen molar-refractivity contribution in [3.05, 3.63) is 0 Å². The van der Waals surface area contributed by atoms with Gasteiger partial charge in [-0.05, 0) is 111 Å². The van der Waals surface area contributed by atoms with E-state index in [4.69, 9.17) is 18.9 Å². The average Bonchev–Trinajstić information content (AvgIpc) is 3.58. The van der Waals surface area contributed by atoms with Crippen LogP contribution in [0.4, 0.5) is 0 Å². The number of morpholine rings is 1. The van der Waals surface area contributed by atoms with Gasteiger partial charge in [0, 0.05) is 25.4 Å². The molecule has 1 unspecified atom stereocenters. The fourth-order valence-electron chi connectivity index (χ4n) is 13.4. The smallest absolute Gasteiger partial charge is 0.303 e. The molecule has 7 rings (SSSR count). The molecule has 7 fully saturated rings. The van der Waals surface area contributed by atoms with E-state index < -0.39 is 29.9 Å². The van der Waals surface area contributed by atoms with E-state index in [2.05, 4.69) is 39.9 Å².